The van der Waals surface area contributed by atoms with Crippen LogP contribution in [0.3, 0.4) is 0 Å². The van der Waals surface area contributed by atoms with Crippen molar-refractivity contribution < 1.29 is 5.11 Å². The lowest BCUT2D eigenvalue weighted by molar-refractivity contribution is -0.0307. The quantitative estimate of drug-likeness (QED) is 0.551. The molecular weight excluding hydrogens is 136 g/mol. The molecule has 0 aromatic rings. The second kappa shape index (κ2) is 1.39. The molecule has 0 amide bonds. The van der Waals surface area contributed by atoms with Crippen LogP contribution in [0.15, 0.2) is 0 Å². The van der Waals surface area contributed by atoms with Gasteiger partial charge in [0.2, 0.25) is 0 Å². The Kier molecular flexibility index (Phi) is 0.706. The summed E-state index contributed by atoms with van der Waals surface area (Å²) in [5, 5.41) is 9.85. The highest BCUT2D eigenvalue weighted by molar-refractivity contribution is 5.19. The van der Waals surface area contributed by atoms with Crippen LogP contribution in [0, 0.1) is 35.5 Å². The summed E-state index contributed by atoms with van der Waals surface area (Å²) in [6, 6.07) is 0. The summed E-state index contributed by atoms with van der Waals surface area (Å²) in [7, 11) is 0. The smallest absolute Gasteiger partial charge is 0.0605 e. The zero-order valence-electron chi connectivity index (χ0n) is 6.61. The molecule has 4 rings (SSSR count). The maximum atomic E-state index is 9.85. The molecule has 0 saturated heterocycles. The average molecular weight is 150 g/mol. The normalized spacial score (nSPS) is 75.5. The van der Waals surface area contributed by atoms with E-state index in [-0.39, 0.29) is 6.10 Å². The molecule has 11 heavy (non-hydrogen) atoms. The second-order valence-corrected chi connectivity index (χ2v) is 5.11. The Hall–Kier alpha value is -0.0400. The third-order valence-electron chi connectivity index (χ3n) is 5.24. The lowest BCUT2D eigenvalue weighted by atomic mass is 9.56. The Balaban J connectivity index is 1.89. The lowest BCUT2D eigenvalue weighted by Crippen LogP contribution is -2.45. The molecule has 7 atom stereocenters. The van der Waals surface area contributed by atoms with E-state index in [1.54, 1.807) is 0 Å². The van der Waals surface area contributed by atoms with Crippen molar-refractivity contribution in [1.82, 2.24) is 0 Å². The van der Waals surface area contributed by atoms with E-state index in [4.69, 9.17) is 0 Å². The number of aliphatic hydroxyl groups excluding tert-OH is 1. The average Bonchev–Trinajstić information content (AvgIpc) is 2.45. The van der Waals surface area contributed by atoms with Crippen LogP contribution in [0.2, 0.25) is 0 Å². The van der Waals surface area contributed by atoms with Crippen LogP contribution >= 0.6 is 0 Å². The highest BCUT2D eigenvalue weighted by Gasteiger charge is 2.71. The third-order valence-corrected chi connectivity index (χ3v) is 5.24. The van der Waals surface area contributed by atoms with Gasteiger partial charge < -0.3 is 5.11 Å². The van der Waals surface area contributed by atoms with E-state index >= 15 is 0 Å². The van der Waals surface area contributed by atoms with Crippen molar-refractivity contribution in [3.8, 4) is 0 Å². The third kappa shape index (κ3) is 0.376. The fourth-order valence-corrected chi connectivity index (χ4v) is 5.06. The number of fused-ring (bicyclic) bond motifs is 3. The Bertz CT molecular complexity index is 211. The van der Waals surface area contributed by atoms with Crippen LogP contribution in [-0.4, -0.2) is 11.2 Å². The first-order valence-electron chi connectivity index (χ1n) is 5.06. The standard InChI is InChI=1S/C10H14O/c11-10-7-3-6-4-1-2-5(7)8(4)9(6)10/h4-11H,1-3H2/t4-,5-,6+,7-,8+,9-,10+/m0/s1. The number of hydrogen-bond donors (Lipinski definition) is 1. The predicted octanol–water partition coefficient (Wildman–Crippen LogP) is 1.27. The largest absolute Gasteiger partial charge is 0.393 e. The van der Waals surface area contributed by atoms with Crippen LogP contribution in [0.1, 0.15) is 19.3 Å². The maximum Gasteiger partial charge on any atom is 0.0605 e. The van der Waals surface area contributed by atoms with Crippen LogP contribution in [0.5, 0.6) is 0 Å². The zero-order valence-corrected chi connectivity index (χ0v) is 6.61. The second-order valence-electron chi connectivity index (χ2n) is 5.11. The molecule has 60 valence electrons. The van der Waals surface area contributed by atoms with E-state index < -0.39 is 0 Å². The molecular formula is C10H14O. The highest BCUT2D eigenvalue weighted by atomic mass is 16.3. The summed E-state index contributed by atoms with van der Waals surface area (Å²) in [5.41, 5.74) is 0. The van der Waals surface area contributed by atoms with Crippen molar-refractivity contribution in [2.45, 2.75) is 25.4 Å². The molecule has 4 aliphatic carbocycles. The van der Waals surface area contributed by atoms with Crippen LogP contribution in [0.4, 0.5) is 0 Å². The summed E-state index contributed by atoms with van der Waals surface area (Å²) in [4.78, 5) is 0. The van der Waals surface area contributed by atoms with Gasteiger partial charge in [0.1, 0.15) is 0 Å². The van der Waals surface area contributed by atoms with Crippen molar-refractivity contribution >= 4 is 0 Å². The van der Waals surface area contributed by atoms with Crippen molar-refractivity contribution in [2.24, 2.45) is 35.5 Å². The van der Waals surface area contributed by atoms with Gasteiger partial charge in [-0.2, -0.15) is 0 Å². The highest BCUT2D eigenvalue weighted by Crippen LogP contribution is 2.74. The molecule has 2 bridgehead atoms. The first-order valence-corrected chi connectivity index (χ1v) is 5.06. The molecule has 4 fully saturated rings. The van der Waals surface area contributed by atoms with E-state index in [2.05, 4.69) is 0 Å². The first kappa shape index (κ1) is 5.58. The Morgan fingerprint density at radius 3 is 2.18 bits per heavy atom. The number of aliphatic hydroxyl groups is 1. The lowest BCUT2D eigenvalue weighted by Gasteiger charge is -2.48. The molecule has 1 heteroatoms. The molecule has 4 aliphatic rings. The summed E-state index contributed by atoms with van der Waals surface area (Å²) < 4.78 is 0. The van der Waals surface area contributed by atoms with E-state index in [1.807, 2.05) is 0 Å². The van der Waals surface area contributed by atoms with E-state index in [0.717, 1.165) is 35.5 Å². The summed E-state index contributed by atoms with van der Waals surface area (Å²) in [5.74, 6) is 5.52. The van der Waals surface area contributed by atoms with E-state index in [9.17, 15) is 5.11 Å². The summed E-state index contributed by atoms with van der Waals surface area (Å²) >= 11 is 0. The van der Waals surface area contributed by atoms with Crippen molar-refractivity contribution in [2.75, 3.05) is 0 Å². The molecule has 1 nitrogen and oxygen atoms in total. The fraction of sp³-hybridized carbons (Fsp3) is 1.00. The molecule has 0 aliphatic heterocycles. The minimum absolute atomic E-state index is 0.131. The van der Waals surface area contributed by atoms with Crippen LogP contribution < -0.4 is 0 Å². The predicted molar refractivity (Wildman–Crippen MR) is 40.8 cm³/mol. The zero-order chi connectivity index (χ0) is 7.16. The van der Waals surface area contributed by atoms with Gasteiger partial charge in [-0.25, -0.2) is 0 Å². The number of rotatable bonds is 0. The topological polar surface area (TPSA) is 20.2 Å². The van der Waals surface area contributed by atoms with Gasteiger partial charge >= 0.3 is 0 Å². The molecule has 0 aromatic carbocycles. The van der Waals surface area contributed by atoms with Crippen LogP contribution in [-0.2, 0) is 0 Å². The Labute approximate surface area is 66.8 Å². The summed E-state index contributed by atoms with van der Waals surface area (Å²) in [6.45, 7) is 0. The number of hydrogen-bond acceptors (Lipinski definition) is 1. The monoisotopic (exact) mass is 150 g/mol. The molecule has 0 radical (unpaired) electrons. The van der Waals surface area contributed by atoms with Gasteiger partial charge in [0.05, 0.1) is 6.10 Å². The molecule has 0 spiro atoms. The van der Waals surface area contributed by atoms with Crippen LogP contribution in [0.25, 0.3) is 0 Å². The van der Waals surface area contributed by atoms with Gasteiger partial charge in [0.15, 0.2) is 0 Å². The molecule has 0 heterocycles. The molecule has 1 N–H and O–H groups in total. The van der Waals surface area contributed by atoms with Crippen molar-refractivity contribution in [3.05, 3.63) is 0 Å². The van der Waals surface area contributed by atoms with Gasteiger partial charge in [-0.1, -0.05) is 0 Å². The van der Waals surface area contributed by atoms with Gasteiger partial charge in [-0.05, 0) is 54.8 Å². The Morgan fingerprint density at radius 2 is 1.55 bits per heavy atom. The SMILES string of the molecule is O[C@@H]1[C@H]2C[C@@H]3[C@@H]4CC[C@@H]2[C@@H]4[C@@H]13. The Morgan fingerprint density at radius 1 is 0.818 bits per heavy atom. The summed E-state index contributed by atoms with van der Waals surface area (Å²) in [6.07, 6.45) is 4.47. The molecule has 0 aromatic heterocycles. The van der Waals surface area contributed by atoms with Gasteiger partial charge in [-0.15, -0.1) is 0 Å². The first-order chi connectivity index (χ1) is 5.38. The minimum atomic E-state index is 0.131. The van der Waals surface area contributed by atoms with E-state index in [1.165, 1.54) is 19.3 Å². The van der Waals surface area contributed by atoms with Gasteiger partial charge in [0.25, 0.3) is 0 Å². The molecule has 4 saturated carbocycles. The maximum absolute atomic E-state index is 9.85. The van der Waals surface area contributed by atoms with E-state index in [0.29, 0.717) is 0 Å². The fourth-order valence-electron chi connectivity index (χ4n) is 5.06. The minimum Gasteiger partial charge on any atom is -0.393 e. The molecule has 0 unspecified atom stereocenters. The van der Waals surface area contributed by atoms with Crippen molar-refractivity contribution in [3.63, 3.8) is 0 Å². The van der Waals surface area contributed by atoms with Gasteiger partial charge in [0, 0.05) is 0 Å². The van der Waals surface area contributed by atoms with Crippen molar-refractivity contribution in [1.29, 1.82) is 0 Å². The van der Waals surface area contributed by atoms with Gasteiger partial charge in [-0.3, -0.25) is 0 Å².